The molecule has 1 heterocycles. The van der Waals surface area contributed by atoms with Crippen LogP contribution in [0.5, 0.6) is 5.75 Å². The van der Waals surface area contributed by atoms with Gasteiger partial charge in [-0.2, -0.15) is 0 Å². The SMILES string of the molecule is Cc1cc(=O)oc2c(CNC(=O)/C=C/c3ccccc3)c(OC(C)C)ccc12. The second-order valence-electron chi connectivity index (χ2n) is 6.80. The number of fused-ring (bicyclic) bond motifs is 1. The second-order valence-corrected chi connectivity index (χ2v) is 6.80. The van der Waals surface area contributed by atoms with Crippen molar-refractivity contribution in [3.8, 4) is 5.75 Å². The van der Waals surface area contributed by atoms with E-state index in [0.717, 1.165) is 16.5 Å². The molecule has 0 aliphatic rings. The lowest BCUT2D eigenvalue weighted by atomic mass is 10.1. The number of ether oxygens (including phenoxy) is 1. The average Bonchev–Trinajstić information content (AvgIpc) is 2.65. The number of hydrogen-bond donors (Lipinski definition) is 1. The number of benzene rings is 2. The van der Waals surface area contributed by atoms with E-state index in [1.807, 2.05) is 63.2 Å². The molecule has 3 aromatic rings. The van der Waals surface area contributed by atoms with Crippen molar-refractivity contribution in [2.45, 2.75) is 33.4 Å². The van der Waals surface area contributed by atoms with Gasteiger partial charge in [0.25, 0.3) is 0 Å². The van der Waals surface area contributed by atoms with Crippen molar-refractivity contribution in [3.63, 3.8) is 0 Å². The van der Waals surface area contributed by atoms with E-state index in [9.17, 15) is 9.59 Å². The number of carbonyl (C=O) groups is 1. The fourth-order valence-corrected chi connectivity index (χ4v) is 2.92. The van der Waals surface area contributed by atoms with Gasteiger partial charge in [0, 0.05) is 17.5 Å². The highest BCUT2D eigenvalue weighted by molar-refractivity contribution is 5.92. The largest absolute Gasteiger partial charge is 0.491 e. The number of amides is 1. The first-order valence-corrected chi connectivity index (χ1v) is 9.18. The van der Waals surface area contributed by atoms with Gasteiger partial charge in [-0.05, 0) is 50.1 Å². The predicted octanol–water partition coefficient (Wildman–Crippen LogP) is 4.22. The monoisotopic (exact) mass is 377 g/mol. The Hall–Kier alpha value is -3.34. The molecule has 3 rings (SSSR count). The zero-order valence-corrected chi connectivity index (χ0v) is 16.2. The van der Waals surface area contributed by atoms with Gasteiger partial charge in [0.05, 0.1) is 18.2 Å². The molecule has 0 saturated carbocycles. The van der Waals surface area contributed by atoms with Crippen LogP contribution in [0.15, 0.2) is 63.8 Å². The summed E-state index contributed by atoms with van der Waals surface area (Å²) < 4.78 is 11.3. The van der Waals surface area contributed by atoms with Crippen molar-refractivity contribution >= 4 is 23.0 Å². The molecule has 28 heavy (non-hydrogen) atoms. The molecule has 0 saturated heterocycles. The molecule has 0 fully saturated rings. The lowest BCUT2D eigenvalue weighted by Crippen LogP contribution is -2.21. The van der Waals surface area contributed by atoms with Crippen molar-refractivity contribution in [2.24, 2.45) is 0 Å². The molecule has 144 valence electrons. The van der Waals surface area contributed by atoms with Crippen LogP contribution in [0.3, 0.4) is 0 Å². The maximum Gasteiger partial charge on any atom is 0.336 e. The Morgan fingerprint density at radius 2 is 1.93 bits per heavy atom. The minimum atomic E-state index is -0.428. The molecule has 0 radical (unpaired) electrons. The quantitative estimate of drug-likeness (QED) is 0.516. The second kappa shape index (κ2) is 8.57. The fourth-order valence-electron chi connectivity index (χ4n) is 2.92. The third-order valence-electron chi connectivity index (χ3n) is 4.21. The molecule has 5 heteroatoms. The lowest BCUT2D eigenvalue weighted by Gasteiger charge is -2.16. The summed E-state index contributed by atoms with van der Waals surface area (Å²) >= 11 is 0. The molecule has 0 unspecified atom stereocenters. The molecule has 0 bridgehead atoms. The molecule has 5 nitrogen and oxygen atoms in total. The molecular weight excluding hydrogens is 354 g/mol. The van der Waals surface area contributed by atoms with E-state index in [1.165, 1.54) is 12.1 Å². The lowest BCUT2D eigenvalue weighted by molar-refractivity contribution is -0.116. The minimum Gasteiger partial charge on any atom is -0.491 e. The summed E-state index contributed by atoms with van der Waals surface area (Å²) in [4.78, 5) is 24.1. The van der Waals surface area contributed by atoms with Crippen LogP contribution in [0.2, 0.25) is 0 Å². The smallest absolute Gasteiger partial charge is 0.336 e. The van der Waals surface area contributed by atoms with Gasteiger partial charge in [0.2, 0.25) is 5.91 Å². The van der Waals surface area contributed by atoms with E-state index >= 15 is 0 Å². The van der Waals surface area contributed by atoms with Crippen LogP contribution < -0.4 is 15.7 Å². The van der Waals surface area contributed by atoms with Gasteiger partial charge < -0.3 is 14.5 Å². The number of aryl methyl sites for hydroxylation is 1. The summed E-state index contributed by atoms with van der Waals surface area (Å²) in [6.45, 7) is 5.88. The zero-order valence-electron chi connectivity index (χ0n) is 16.2. The Kier molecular flexibility index (Phi) is 5.94. The Labute approximate surface area is 163 Å². The molecule has 1 amide bonds. The van der Waals surface area contributed by atoms with Crippen LogP contribution in [0.1, 0.15) is 30.5 Å². The highest BCUT2D eigenvalue weighted by atomic mass is 16.5. The number of carbonyl (C=O) groups excluding carboxylic acids is 1. The molecule has 0 atom stereocenters. The molecule has 2 aromatic carbocycles. The molecule has 1 aromatic heterocycles. The maximum atomic E-state index is 12.3. The standard InChI is InChI=1S/C23H23NO4/c1-15(2)27-20-11-10-18-16(3)13-22(26)28-23(18)19(20)14-24-21(25)12-9-17-7-5-4-6-8-17/h4-13,15H,14H2,1-3H3,(H,24,25)/b12-9+. The van der Waals surface area contributed by atoms with E-state index in [2.05, 4.69) is 5.32 Å². The van der Waals surface area contributed by atoms with E-state index in [-0.39, 0.29) is 18.6 Å². The minimum absolute atomic E-state index is 0.0543. The van der Waals surface area contributed by atoms with E-state index in [1.54, 1.807) is 6.08 Å². The molecular formula is C23H23NO4. The van der Waals surface area contributed by atoms with Crippen LogP contribution in [-0.2, 0) is 11.3 Å². The van der Waals surface area contributed by atoms with Crippen molar-refractivity contribution < 1.29 is 13.9 Å². The summed E-state index contributed by atoms with van der Waals surface area (Å²) in [6.07, 6.45) is 3.17. The van der Waals surface area contributed by atoms with Crippen molar-refractivity contribution in [2.75, 3.05) is 0 Å². The molecule has 0 aliphatic carbocycles. The zero-order chi connectivity index (χ0) is 20.1. The van der Waals surface area contributed by atoms with Crippen LogP contribution in [0.25, 0.3) is 17.0 Å². The van der Waals surface area contributed by atoms with Crippen LogP contribution in [0.4, 0.5) is 0 Å². The predicted molar refractivity (Wildman–Crippen MR) is 110 cm³/mol. The van der Waals surface area contributed by atoms with E-state index in [4.69, 9.17) is 9.15 Å². The number of hydrogen-bond acceptors (Lipinski definition) is 4. The van der Waals surface area contributed by atoms with Crippen LogP contribution in [-0.4, -0.2) is 12.0 Å². The molecule has 1 N–H and O–H groups in total. The first-order valence-electron chi connectivity index (χ1n) is 9.18. The van der Waals surface area contributed by atoms with Crippen LogP contribution in [0, 0.1) is 6.92 Å². The normalized spacial score (nSPS) is 11.3. The van der Waals surface area contributed by atoms with Gasteiger partial charge in [0.1, 0.15) is 11.3 Å². The average molecular weight is 377 g/mol. The number of nitrogens with one attached hydrogen (secondary N) is 1. The Bertz CT molecular complexity index is 1070. The van der Waals surface area contributed by atoms with Gasteiger partial charge in [-0.3, -0.25) is 4.79 Å². The highest BCUT2D eigenvalue weighted by Gasteiger charge is 2.15. The van der Waals surface area contributed by atoms with Crippen LogP contribution >= 0.6 is 0 Å². The summed E-state index contributed by atoms with van der Waals surface area (Å²) in [5.41, 5.74) is 2.42. The van der Waals surface area contributed by atoms with Crippen molar-refractivity contribution in [3.05, 3.63) is 81.7 Å². The van der Waals surface area contributed by atoms with Gasteiger partial charge in [-0.15, -0.1) is 0 Å². The van der Waals surface area contributed by atoms with Gasteiger partial charge in [0.15, 0.2) is 0 Å². The Morgan fingerprint density at radius 1 is 1.18 bits per heavy atom. The van der Waals surface area contributed by atoms with Crippen molar-refractivity contribution in [1.29, 1.82) is 0 Å². The number of rotatable bonds is 6. The van der Waals surface area contributed by atoms with Crippen molar-refractivity contribution in [1.82, 2.24) is 5.32 Å². The van der Waals surface area contributed by atoms with E-state index in [0.29, 0.717) is 16.9 Å². The Balaban J connectivity index is 1.88. The van der Waals surface area contributed by atoms with Gasteiger partial charge >= 0.3 is 5.63 Å². The molecule has 0 aliphatic heterocycles. The summed E-state index contributed by atoms with van der Waals surface area (Å²) in [6, 6.07) is 14.7. The van der Waals surface area contributed by atoms with Gasteiger partial charge in [-0.25, -0.2) is 4.79 Å². The summed E-state index contributed by atoms with van der Waals surface area (Å²) in [7, 11) is 0. The summed E-state index contributed by atoms with van der Waals surface area (Å²) in [5.74, 6) is 0.343. The maximum absolute atomic E-state index is 12.3. The Morgan fingerprint density at radius 3 is 2.64 bits per heavy atom. The first kappa shape index (κ1) is 19.4. The third kappa shape index (κ3) is 4.68. The van der Waals surface area contributed by atoms with E-state index < -0.39 is 5.63 Å². The molecule has 0 spiro atoms. The highest BCUT2D eigenvalue weighted by Crippen LogP contribution is 2.29. The summed E-state index contributed by atoms with van der Waals surface area (Å²) in [5, 5.41) is 3.67. The third-order valence-corrected chi connectivity index (χ3v) is 4.21. The first-order chi connectivity index (χ1) is 13.4. The van der Waals surface area contributed by atoms with Gasteiger partial charge in [-0.1, -0.05) is 30.3 Å². The topological polar surface area (TPSA) is 68.5 Å². The fraction of sp³-hybridized carbons (Fsp3) is 0.217.